The van der Waals surface area contributed by atoms with Gasteiger partial charge in [-0.05, 0) is 44.0 Å². The lowest BCUT2D eigenvalue weighted by molar-refractivity contribution is 0.0679. The summed E-state index contributed by atoms with van der Waals surface area (Å²) in [6.45, 7) is 4.59. The van der Waals surface area contributed by atoms with Crippen LogP contribution in [0.2, 0.25) is 0 Å². The molecule has 1 unspecified atom stereocenters. The maximum Gasteiger partial charge on any atom is 0.335 e. The molecule has 0 radical (unpaired) electrons. The maximum absolute atomic E-state index is 10.7. The zero-order chi connectivity index (χ0) is 15.2. The Labute approximate surface area is 110 Å². The highest BCUT2D eigenvalue weighted by atomic mass is 16.4. The van der Waals surface area contributed by atoms with Gasteiger partial charge in [-0.3, -0.25) is 0 Å². The number of carboxylic acid groups (broad SMARTS) is 2. The summed E-state index contributed by atoms with van der Waals surface area (Å²) in [7, 11) is 0. The van der Waals surface area contributed by atoms with Crippen LogP contribution in [-0.4, -0.2) is 45.1 Å². The Bertz CT molecular complexity index is 425. The van der Waals surface area contributed by atoms with Gasteiger partial charge in [0.05, 0.1) is 23.8 Å². The average molecular weight is 270 g/mol. The highest BCUT2D eigenvalue weighted by Gasteiger charge is 2.14. The fourth-order valence-electron chi connectivity index (χ4n) is 1.28. The van der Waals surface area contributed by atoms with E-state index in [-0.39, 0.29) is 17.7 Å². The topological polar surface area (TPSA) is 115 Å². The molecule has 1 aromatic carbocycles. The van der Waals surface area contributed by atoms with Crippen molar-refractivity contribution in [2.75, 3.05) is 6.61 Å². The van der Waals surface area contributed by atoms with Crippen LogP contribution in [0.15, 0.2) is 12.1 Å². The van der Waals surface area contributed by atoms with E-state index in [9.17, 15) is 9.59 Å². The van der Waals surface area contributed by atoms with Crippen LogP contribution in [-0.2, 0) is 0 Å². The van der Waals surface area contributed by atoms with Crippen molar-refractivity contribution >= 4 is 11.9 Å². The molecule has 0 aromatic heterocycles. The molecule has 6 heteroatoms. The summed E-state index contributed by atoms with van der Waals surface area (Å²) in [5, 5.41) is 33.5. The summed E-state index contributed by atoms with van der Waals surface area (Å²) in [4.78, 5) is 21.4. The van der Waals surface area contributed by atoms with Crippen molar-refractivity contribution in [3.05, 3.63) is 34.4 Å². The maximum atomic E-state index is 10.7. The zero-order valence-corrected chi connectivity index (χ0v) is 11.0. The number of benzene rings is 1. The van der Waals surface area contributed by atoms with E-state index in [1.54, 1.807) is 13.8 Å². The molecule has 0 aliphatic heterocycles. The number of hydrogen-bond donors (Lipinski definition) is 4. The van der Waals surface area contributed by atoms with Crippen molar-refractivity contribution in [1.29, 1.82) is 0 Å². The Morgan fingerprint density at radius 3 is 1.47 bits per heavy atom. The van der Waals surface area contributed by atoms with E-state index in [4.69, 9.17) is 20.4 Å². The first-order valence-electron chi connectivity index (χ1n) is 5.58. The minimum absolute atomic E-state index is 0.139. The number of carbonyl (C=O) groups is 2. The van der Waals surface area contributed by atoms with Crippen molar-refractivity contribution in [2.45, 2.75) is 26.9 Å². The number of hydrogen-bond acceptors (Lipinski definition) is 4. The first-order chi connectivity index (χ1) is 8.72. The first kappa shape index (κ1) is 17.1. The van der Waals surface area contributed by atoms with E-state index in [1.807, 2.05) is 0 Å². The summed E-state index contributed by atoms with van der Waals surface area (Å²) < 4.78 is 0. The minimum Gasteiger partial charge on any atom is -0.478 e. The number of aromatic carboxylic acids is 2. The molecule has 1 atom stereocenters. The Morgan fingerprint density at radius 2 is 1.32 bits per heavy atom. The molecule has 6 nitrogen and oxygen atoms in total. The van der Waals surface area contributed by atoms with Crippen LogP contribution < -0.4 is 0 Å². The molecule has 1 aromatic rings. The molecular formula is C13H18O6. The predicted molar refractivity (Wildman–Crippen MR) is 68.6 cm³/mol. The second-order valence-electron chi connectivity index (χ2n) is 4.05. The summed E-state index contributed by atoms with van der Waals surface area (Å²) in [5.74, 6) is -2.08. The lowest BCUT2D eigenvalue weighted by Gasteiger charge is -2.07. The molecule has 0 aliphatic rings. The van der Waals surface area contributed by atoms with Crippen LogP contribution in [0.25, 0.3) is 0 Å². The largest absolute Gasteiger partial charge is 0.478 e. The Morgan fingerprint density at radius 1 is 1.05 bits per heavy atom. The van der Waals surface area contributed by atoms with Crippen molar-refractivity contribution in [3.63, 3.8) is 0 Å². The van der Waals surface area contributed by atoms with Gasteiger partial charge < -0.3 is 20.4 Å². The third-order valence-corrected chi connectivity index (χ3v) is 2.51. The number of rotatable bonds is 3. The van der Waals surface area contributed by atoms with Gasteiger partial charge in [-0.25, -0.2) is 9.59 Å². The van der Waals surface area contributed by atoms with Crippen LogP contribution in [0.4, 0.5) is 0 Å². The fraction of sp³-hybridized carbons (Fsp3) is 0.385. The van der Waals surface area contributed by atoms with Gasteiger partial charge in [0.2, 0.25) is 0 Å². The second-order valence-corrected chi connectivity index (χ2v) is 4.05. The molecule has 0 saturated heterocycles. The SMILES string of the molecule is CC(O)CO.Cc1c(C(=O)O)ccc(C(=O)O)c1C. The summed E-state index contributed by atoms with van der Waals surface area (Å²) >= 11 is 0. The minimum atomic E-state index is -1.04. The normalized spacial score (nSPS) is 11.2. The summed E-state index contributed by atoms with van der Waals surface area (Å²) in [5.41, 5.74) is 1.29. The Balaban J connectivity index is 0.000000555. The van der Waals surface area contributed by atoms with Crippen molar-refractivity contribution in [2.24, 2.45) is 0 Å². The van der Waals surface area contributed by atoms with Crippen molar-refractivity contribution < 1.29 is 30.0 Å². The number of aliphatic hydroxyl groups excluding tert-OH is 2. The van der Waals surface area contributed by atoms with Gasteiger partial charge in [0.1, 0.15) is 0 Å². The molecule has 4 N–H and O–H groups in total. The smallest absolute Gasteiger partial charge is 0.335 e. The van der Waals surface area contributed by atoms with Gasteiger partial charge in [0, 0.05) is 0 Å². The highest BCUT2D eigenvalue weighted by Crippen LogP contribution is 2.17. The lowest BCUT2D eigenvalue weighted by atomic mass is 9.98. The summed E-state index contributed by atoms with van der Waals surface area (Å²) in [6, 6.07) is 2.63. The standard InChI is InChI=1S/C10H10O4.C3H8O2/c1-5-6(2)8(10(13)14)4-3-7(5)9(11)12;1-3(5)2-4/h3-4H,1-2H3,(H,11,12)(H,13,14);3-5H,2H2,1H3. The zero-order valence-electron chi connectivity index (χ0n) is 11.0. The Kier molecular flexibility index (Phi) is 6.74. The monoisotopic (exact) mass is 270 g/mol. The molecular weight excluding hydrogens is 252 g/mol. The number of aliphatic hydroxyl groups is 2. The van der Waals surface area contributed by atoms with E-state index in [1.165, 1.54) is 19.1 Å². The van der Waals surface area contributed by atoms with E-state index in [0.29, 0.717) is 11.1 Å². The molecule has 0 aliphatic carbocycles. The van der Waals surface area contributed by atoms with Crippen LogP contribution in [0.5, 0.6) is 0 Å². The highest BCUT2D eigenvalue weighted by molar-refractivity contribution is 5.94. The lowest BCUT2D eigenvalue weighted by Crippen LogP contribution is -2.06. The van der Waals surface area contributed by atoms with E-state index in [2.05, 4.69) is 0 Å². The average Bonchev–Trinajstić information content (AvgIpc) is 2.32. The van der Waals surface area contributed by atoms with Crippen LogP contribution >= 0.6 is 0 Å². The van der Waals surface area contributed by atoms with Gasteiger partial charge in [-0.2, -0.15) is 0 Å². The first-order valence-corrected chi connectivity index (χ1v) is 5.58. The summed E-state index contributed by atoms with van der Waals surface area (Å²) in [6.07, 6.45) is -0.560. The van der Waals surface area contributed by atoms with Gasteiger partial charge in [-0.1, -0.05) is 0 Å². The number of carboxylic acids is 2. The third-order valence-electron chi connectivity index (χ3n) is 2.51. The molecule has 0 bridgehead atoms. The predicted octanol–water partition coefficient (Wildman–Crippen LogP) is 1.06. The van der Waals surface area contributed by atoms with E-state index in [0.717, 1.165) is 0 Å². The van der Waals surface area contributed by atoms with Gasteiger partial charge in [-0.15, -0.1) is 0 Å². The van der Waals surface area contributed by atoms with Crippen LogP contribution in [0.1, 0.15) is 38.8 Å². The van der Waals surface area contributed by atoms with Gasteiger partial charge >= 0.3 is 11.9 Å². The second kappa shape index (κ2) is 7.50. The molecule has 0 heterocycles. The molecule has 1 rings (SSSR count). The van der Waals surface area contributed by atoms with Crippen LogP contribution in [0, 0.1) is 13.8 Å². The molecule has 106 valence electrons. The van der Waals surface area contributed by atoms with E-state index >= 15 is 0 Å². The van der Waals surface area contributed by atoms with Gasteiger partial charge in [0.25, 0.3) is 0 Å². The van der Waals surface area contributed by atoms with Crippen molar-refractivity contribution in [1.82, 2.24) is 0 Å². The molecule has 0 spiro atoms. The molecule has 19 heavy (non-hydrogen) atoms. The quantitative estimate of drug-likeness (QED) is 0.652. The third kappa shape index (κ3) is 5.07. The molecule has 0 fully saturated rings. The van der Waals surface area contributed by atoms with Crippen LogP contribution in [0.3, 0.4) is 0 Å². The van der Waals surface area contributed by atoms with Gasteiger partial charge in [0.15, 0.2) is 0 Å². The Hall–Kier alpha value is -1.92. The molecule has 0 saturated carbocycles. The fourth-order valence-corrected chi connectivity index (χ4v) is 1.28. The van der Waals surface area contributed by atoms with E-state index < -0.39 is 18.0 Å². The van der Waals surface area contributed by atoms with Crippen molar-refractivity contribution in [3.8, 4) is 0 Å². The molecule has 0 amide bonds.